The third-order valence-corrected chi connectivity index (χ3v) is 0.455. The Morgan fingerprint density at radius 3 is 2.38 bits per heavy atom. The standard InChI is InChI=1S/C5H5ClO2/c1-3-5(7)8-4(2)6/h3H,1-2H2. The van der Waals surface area contributed by atoms with Crippen LogP contribution in [0.5, 0.6) is 0 Å². The second-order valence-electron chi connectivity index (χ2n) is 0.980. The Labute approximate surface area is 52.4 Å². The molecule has 0 aromatic rings. The maximum atomic E-state index is 10.1. The van der Waals surface area contributed by atoms with E-state index in [2.05, 4.69) is 17.9 Å². The Balaban J connectivity index is 3.55. The summed E-state index contributed by atoms with van der Waals surface area (Å²) in [6.45, 7) is 6.26. The van der Waals surface area contributed by atoms with Gasteiger partial charge in [-0.3, -0.25) is 0 Å². The van der Waals surface area contributed by atoms with Crippen molar-refractivity contribution in [1.82, 2.24) is 0 Å². The average Bonchev–Trinajstić information content (AvgIpc) is 1.65. The minimum Gasteiger partial charge on any atom is -0.412 e. The number of hydrogen-bond donors (Lipinski definition) is 0. The fourth-order valence-electron chi connectivity index (χ4n) is 0.151. The van der Waals surface area contributed by atoms with E-state index in [0.29, 0.717) is 0 Å². The highest BCUT2D eigenvalue weighted by Crippen LogP contribution is 1.98. The molecule has 0 rings (SSSR count). The van der Waals surface area contributed by atoms with Crippen molar-refractivity contribution in [2.24, 2.45) is 0 Å². The van der Waals surface area contributed by atoms with Gasteiger partial charge in [-0.25, -0.2) is 4.79 Å². The minimum absolute atomic E-state index is 0.144. The van der Waals surface area contributed by atoms with Crippen LogP contribution in [0.15, 0.2) is 24.5 Å². The normalized spacial score (nSPS) is 7.62. The zero-order chi connectivity index (χ0) is 6.57. The van der Waals surface area contributed by atoms with Crippen LogP contribution in [-0.2, 0) is 9.53 Å². The van der Waals surface area contributed by atoms with E-state index in [-0.39, 0.29) is 5.22 Å². The van der Waals surface area contributed by atoms with Crippen LogP contribution in [0.1, 0.15) is 0 Å². The van der Waals surface area contributed by atoms with Crippen molar-refractivity contribution >= 4 is 17.6 Å². The molecular formula is C5H5ClO2. The Bertz CT molecular complexity index is 128. The average molecular weight is 133 g/mol. The molecule has 3 heteroatoms. The largest absolute Gasteiger partial charge is 0.412 e. The number of hydrogen-bond acceptors (Lipinski definition) is 2. The minimum atomic E-state index is -0.593. The predicted octanol–water partition coefficient (Wildman–Crippen LogP) is 1.43. The van der Waals surface area contributed by atoms with Gasteiger partial charge < -0.3 is 4.74 Å². The van der Waals surface area contributed by atoms with Crippen LogP contribution < -0.4 is 0 Å². The molecular weight excluding hydrogens is 128 g/mol. The second-order valence-corrected chi connectivity index (χ2v) is 1.40. The summed E-state index contributed by atoms with van der Waals surface area (Å²) < 4.78 is 4.21. The number of halogens is 1. The van der Waals surface area contributed by atoms with E-state index >= 15 is 0 Å². The van der Waals surface area contributed by atoms with Gasteiger partial charge in [0.05, 0.1) is 0 Å². The summed E-state index contributed by atoms with van der Waals surface area (Å²) in [5.41, 5.74) is 0. The fraction of sp³-hybridized carbons (Fsp3) is 0. The van der Waals surface area contributed by atoms with Gasteiger partial charge in [0.1, 0.15) is 0 Å². The molecule has 0 heterocycles. The van der Waals surface area contributed by atoms with E-state index in [9.17, 15) is 4.79 Å². The molecule has 0 spiro atoms. The van der Waals surface area contributed by atoms with Crippen molar-refractivity contribution in [1.29, 1.82) is 0 Å². The van der Waals surface area contributed by atoms with E-state index in [1.54, 1.807) is 0 Å². The molecule has 0 aliphatic carbocycles. The molecule has 0 radical (unpaired) electrons. The fourth-order valence-corrected chi connectivity index (χ4v) is 0.227. The first-order valence-electron chi connectivity index (χ1n) is 1.85. The van der Waals surface area contributed by atoms with Crippen LogP contribution in [-0.4, -0.2) is 5.97 Å². The van der Waals surface area contributed by atoms with E-state index in [0.717, 1.165) is 6.08 Å². The maximum absolute atomic E-state index is 10.1. The molecule has 44 valence electrons. The van der Waals surface area contributed by atoms with Gasteiger partial charge in [-0.1, -0.05) is 6.58 Å². The van der Waals surface area contributed by atoms with E-state index in [1.807, 2.05) is 0 Å². The van der Waals surface area contributed by atoms with Crippen molar-refractivity contribution in [2.75, 3.05) is 0 Å². The van der Waals surface area contributed by atoms with Crippen molar-refractivity contribution in [3.63, 3.8) is 0 Å². The van der Waals surface area contributed by atoms with E-state index in [4.69, 9.17) is 11.6 Å². The van der Waals surface area contributed by atoms with E-state index < -0.39 is 5.97 Å². The summed E-state index contributed by atoms with van der Waals surface area (Å²) >= 11 is 5.07. The Kier molecular flexibility index (Phi) is 2.96. The lowest BCUT2D eigenvalue weighted by atomic mass is 10.7. The zero-order valence-electron chi connectivity index (χ0n) is 4.19. The molecule has 0 N–H and O–H groups in total. The molecule has 2 nitrogen and oxygen atoms in total. The molecule has 0 fully saturated rings. The number of carbonyl (C=O) groups excluding carboxylic acids is 1. The van der Waals surface area contributed by atoms with Gasteiger partial charge in [0.15, 0.2) is 5.22 Å². The Morgan fingerprint density at radius 2 is 2.25 bits per heavy atom. The molecule has 0 aliphatic rings. The van der Waals surface area contributed by atoms with Gasteiger partial charge in [0.25, 0.3) is 0 Å². The van der Waals surface area contributed by atoms with Gasteiger partial charge in [0, 0.05) is 6.08 Å². The second kappa shape index (κ2) is 3.27. The number of carbonyl (C=O) groups is 1. The van der Waals surface area contributed by atoms with Crippen molar-refractivity contribution in [2.45, 2.75) is 0 Å². The number of rotatable bonds is 2. The molecule has 0 unspecified atom stereocenters. The number of ether oxygens (including phenoxy) is 1. The van der Waals surface area contributed by atoms with Gasteiger partial charge in [-0.05, 0) is 18.2 Å². The smallest absolute Gasteiger partial charge is 0.336 e. The first-order chi connectivity index (χ1) is 3.66. The Hall–Kier alpha value is -0.760. The molecule has 0 saturated heterocycles. The van der Waals surface area contributed by atoms with Crippen LogP contribution in [0.4, 0.5) is 0 Å². The summed E-state index contributed by atoms with van der Waals surface area (Å²) in [6, 6.07) is 0. The lowest BCUT2D eigenvalue weighted by Gasteiger charge is -1.92. The SMILES string of the molecule is C=CC(=O)OC(=C)Cl. The zero-order valence-corrected chi connectivity index (χ0v) is 4.94. The summed E-state index contributed by atoms with van der Waals surface area (Å²) in [6.07, 6.45) is 1.01. The van der Waals surface area contributed by atoms with Crippen LogP contribution in [0.2, 0.25) is 0 Å². The summed E-state index contributed by atoms with van der Waals surface area (Å²) in [7, 11) is 0. The van der Waals surface area contributed by atoms with Gasteiger partial charge in [0.2, 0.25) is 0 Å². The summed E-state index contributed by atoms with van der Waals surface area (Å²) in [5.74, 6) is -0.593. The van der Waals surface area contributed by atoms with Crippen molar-refractivity contribution in [3.05, 3.63) is 24.5 Å². The molecule has 0 aromatic carbocycles. The molecule has 0 aliphatic heterocycles. The van der Waals surface area contributed by atoms with Crippen LogP contribution >= 0.6 is 11.6 Å². The molecule has 0 saturated carbocycles. The first kappa shape index (κ1) is 7.24. The third-order valence-electron chi connectivity index (χ3n) is 0.378. The Morgan fingerprint density at radius 1 is 1.75 bits per heavy atom. The lowest BCUT2D eigenvalue weighted by Crippen LogP contribution is -1.94. The molecule has 0 atom stereocenters. The molecule has 0 amide bonds. The highest BCUT2D eigenvalue weighted by atomic mass is 35.5. The quantitative estimate of drug-likeness (QED) is 0.323. The molecule has 8 heavy (non-hydrogen) atoms. The molecule has 0 aromatic heterocycles. The monoisotopic (exact) mass is 132 g/mol. The first-order valence-corrected chi connectivity index (χ1v) is 2.23. The maximum Gasteiger partial charge on any atom is 0.336 e. The van der Waals surface area contributed by atoms with Crippen molar-refractivity contribution in [3.8, 4) is 0 Å². The molecule has 0 bridgehead atoms. The van der Waals surface area contributed by atoms with Crippen molar-refractivity contribution < 1.29 is 9.53 Å². The van der Waals surface area contributed by atoms with Gasteiger partial charge >= 0.3 is 5.97 Å². The lowest BCUT2D eigenvalue weighted by molar-refractivity contribution is -0.132. The summed E-state index contributed by atoms with van der Waals surface area (Å²) in [4.78, 5) is 10.1. The predicted molar refractivity (Wildman–Crippen MR) is 31.3 cm³/mol. The summed E-state index contributed by atoms with van der Waals surface area (Å²) in [5, 5.41) is -0.144. The van der Waals surface area contributed by atoms with E-state index in [1.165, 1.54) is 0 Å². The van der Waals surface area contributed by atoms with Crippen LogP contribution in [0, 0.1) is 0 Å². The van der Waals surface area contributed by atoms with Crippen LogP contribution in [0.3, 0.4) is 0 Å². The topological polar surface area (TPSA) is 26.3 Å². The van der Waals surface area contributed by atoms with Crippen LogP contribution in [0.25, 0.3) is 0 Å². The van der Waals surface area contributed by atoms with Gasteiger partial charge in [-0.2, -0.15) is 0 Å². The third kappa shape index (κ3) is 3.43. The van der Waals surface area contributed by atoms with Gasteiger partial charge in [-0.15, -0.1) is 0 Å². The number of esters is 1. The highest BCUT2D eigenvalue weighted by Gasteiger charge is 1.93. The highest BCUT2D eigenvalue weighted by molar-refractivity contribution is 6.28.